The summed E-state index contributed by atoms with van der Waals surface area (Å²) in [6.45, 7) is 8.78. The van der Waals surface area contributed by atoms with E-state index in [1.165, 1.54) is 0 Å². The van der Waals surface area contributed by atoms with Crippen LogP contribution < -0.4 is 10.6 Å². The van der Waals surface area contributed by atoms with Crippen LogP contribution in [0.5, 0.6) is 5.75 Å². The number of aromatic hydroxyl groups is 1. The van der Waals surface area contributed by atoms with E-state index in [4.69, 9.17) is 0 Å². The van der Waals surface area contributed by atoms with Crippen molar-refractivity contribution in [3.05, 3.63) is 34.9 Å². The number of rotatable bonds is 2. The molecular weight excluding hydrogens is 418 g/mol. The molecule has 7 heteroatoms. The van der Waals surface area contributed by atoms with E-state index in [2.05, 4.69) is 24.5 Å². The number of piperidine rings is 2. The summed E-state index contributed by atoms with van der Waals surface area (Å²) in [5.74, 6) is -0.211. The van der Waals surface area contributed by atoms with Crippen LogP contribution in [0.3, 0.4) is 0 Å². The lowest BCUT2D eigenvalue weighted by Crippen LogP contribution is -2.81. The molecule has 4 unspecified atom stereocenters. The molecular formula is C26H31N3O4. The van der Waals surface area contributed by atoms with E-state index in [0.29, 0.717) is 37.1 Å². The van der Waals surface area contributed by atoms with Crippen molar-refractivity contribution in [3.63, 3.8) is 0 Å². The van der Waals surface area contributed by atoms with Crippen LogP contribution in [0, 0.1) is 11.3 Å². The minimum Gasteiger partial charge on any atom is -0.508 e. The number of phenolic OH excluding ortho intramolecular Hbond substituents is 1. The molecule has 1 aromatic carbocycles. The summed E-state index contributed by atoms with van der Waals surface area (Å²) in [5, 5.41) is 16.9. The van der Waals surface area contributed by atoms with E-state index < -0.39 is 21.9 Å². The number of carbonyl (C=O) groups is 3. The lowest BCUT2D eigenvalue weighted by Gasteiger charge is -2.59. The standard InChI is InChI=1S/C26H31N3O4/c1-14(2)6-7-15-17(30)9-8-16-19(15)27-21(32)25(16)13-26-18(23(25,3)4)12-24(20(31)28-26)10-5-11-29(24)22(26)33/h6,8-9,18,30H,5,7,10-13H2,1-4H3,(H,27,32)(H,28,31). The largest absolute Gasteiger partial charge is 0.508 e. The van der Waals surface area contributed by atoms with Gasteiger partial charge >= 0.3 is 0 Å². The van der Waals surface area contributed by atoms with Crippen molar-refractivity contribution in [2.45, 2.75) is 76.3 Å². The fraction of sp³-hybridized carbons (Fsp3) is 0.577. The fourth-order valence-corrected chi connectivity index (χ4v) is 7.94. The normalized spacial score (nSPS) is 37.0. The third-order valence-electron chi connectivity index (χ3n) is 9.62. The number of phenols is 1. The number of piperazine rings is 1. The first-order chi connectivity index (χ1) is 15.5. The molecule has 2 bridgehead atoms. The number of nitrogens with zero attached hydrogens (tertiary/aromatic N) is 1. The Morgan fingerprint density at radius 2 is 1.97 bits per heavy atom. The number of allylic oxidation sites excluding steroid dienone is 2. The second kappa shape index (κ2) is 5.99. The van der Waals surface area contributed by atoms with Crippen molar-refractivity contribution in [1.29, 1.82) is 0 Å². The Balaban J connectivity index is 1.55. The van der Waals surface area contributed by atoms with Gasteiger partial charge in [0.05, 0.1) is 11.1 Å². The Kier molecular flexibility index (Phi) is 3.77. The zero-order chi connectivity index (χ0) is 23.6. The quantitative estimate of drug-likeness (QED) is 0.605. The number of anilines is 1. The van der Waals surface area contributed by atoms with Crippen molar-refractivity contribution in [2.24, 2.45) is 11.3 Å². The summed E-state index contributed by atoms with van der Waals surface area (Å²) in [5.41, 5.74) is -0.0558. The van der Waals surface area contributed by atoms with Crippen LogP contribution in [0.15, 0.2) is 23.8 Å². The van der Waals surface area contributed by atoms with Crippen LogP contribution in [0.4, 0.5) is 5.69 Å². The number of hydrogen-bond acceptors (Lipinski definition) is 4. The van der Waals surface area contributed by atoms with E-state index in [-0.39, 0.29) is 35.8 Å². The van der Waals surface area contributed by atoms with Crippen molar-refractivity contribution < 1.29 is 19.5 Å². The molecule has 3 amide bonds. The van der Waals surface area contributed by atoms with Crippen molar-refractivity contribution in [1.82, 2.24) is 10.2 Å². The maximum atomic E-state index is 13.9. The van der Waals surface area contributed by atoms with Crippen molar-refractivity contribution >= 4 is 23.4 Å². The zero-order valence-corrected chi connectivity index (χ0v) is 19.7. The molecule has 4 saturated heterocycles. The average Bonchev–Trinajstić information content (AvgIpc) is 3.35. The minimum absolute atomic E-state index is 0.0226. The van der Waals surface area contributed by atoms with Gasteiger partial charge in [0, 0.05) is 18.0 Å². The van der Waals surface area contributed by atoms with Gasteiger partial charge in [0.2, 0.25) is 17.7 Å². The Hall–Kier alpha value is -2.83. The number of benzene rings is 1. The molecule has 33 heavy (non-hydrogen) atoms. The molecule has 1 aromatic rings. The molecule has 3 spiro atoms. The number of fused-ring (bicyclic) bond motifs is 3. The molecule has 6 aliphatic rings. The summed E-state index contributed by atoms with van der Waals surface area (Å²) < 4.78 is 0. The highest BCUT2D eigenvalue weighted by Crippen LogP contribution is 2.70. The molecule has 1 aliphatic carbocycles. The topological polar surface area (TPSA) is 98.7 Å². The highest BCUT2D eigenvalue weighted by Gasteiger charge is 2.80. The smallest absolute Gasteiger partial charge is 0.249 e. The molecule has 0 radical (unpaired) electrons. The summed E-state index contributed by atoms with van der Waals surface area (Å²) in [4.78, 5) is 42.9. The number of hydrogen-bond donors (Lipinski definition) is 3. The lowest BCUT2D eigenvalue weighted by atomic mass is 9.57. The minimum atomic E-state index is -1.07. The van der Waals surface area contributed by atoms with Gasteiger partial charge in [-0.3, -0.25) is 14.4 Å². The van der Waals surface area contributed by atoms with Gasteiger partial charge in [-0.1, -0.05) is 31.6 Å². The van der Waals surface area contributed by atoms with Crippen LogP contribution >= 0.6 is 0 Å². The highest BCUT2D eigenvalue weighted by atomic mass is 16.3. The van der Waals surface area contributed by atoms with Crippen molar-refractivity contribution in [2.75, 3.05) is 11.9 Å². The summed E-state index contributed by atoms with van der Waals surface area (Å²) >= 11 is 0. The van der Waals surface area contributed by atoms with E-state index >= 15 is 0 Å². The summed E-state index contributed by atoms with van der Waals surface area (Å²) in [6.07, 6.45) is 4.91. The predicted octanol–water partition coefficient (Wildman–Crippen LogP) is 2.77. The third kappa shape index (κ3) is 2.10. The van der Waals surface area contributed by atoms with Gasteiger partial charge in [-0.25, -0.2) is 0 Å². The second-order valence-corrected chi connectivity index (χ2v) is 11.5. The Bertz CT molecular complexity index is 1180. The zero-order valence-electron chi connectivity index (χ0n) is 19.7. The van der Waals surface area contributed by atoms with Gasteiger partial charge in [-0.2, -0.15) is 0 Å². The first kappa shape index (κ1) is 20.8. The molecule has 7 nitrogen and oxygen atoms in total. The lowest BCUT2D eigenvalue weighted by molar-refractivity contribution is -0.175. The fourth-order valence-electron chi connectivity index (χ4n) is 7.94. The van der Waals surface area contributed by atoms with E-state index in [1.54, 1.807) is 6.07 Å². The average molecular weight is 450 g/mol. The highest BCUT2D eigenvalue weighted by molar-refractivity contribution is 6.12. The van der Waals surface area contributed by atoms with E-state index in [1.807, 2.05) is 30.9 Å². The maximum absolute atomic E-state index is 13.9. The van der Waals surface area contributed by atoms with Gasteiger partial charge in [0.1, 0.15) is 16.8 Å². The molecule has 1 saturated carbocycles. The molecule has 4 atom stereocenters. The van der Waals surface area contributed by atoms with Crippen LogP contribution in [0.1, 0.15) is 64.5 Å². The Labute approximate surface area is 193 Å². The Morgan fingerprint density at radius 1 is 1.21 bits per heavy atom. The Morgan fingerprint density at radius 3 is 2.70 bits per heavy atom. The van der Waals surface area contributed by atoms with Crippen LogP contribution in [-0.4, -0.2) is 45.4 Å². The van der Waals surface area contributed by atoms with Crippen LogP contribution in [0.2, 0.25) is 0 Å². The van der Waals surface area contributed by atoms with Crippen molar-refractivity contribution in [3.8, 4) is 5.75 Å². The molecule has 5 aliphatic heterocycles. The maximum Gasteiger partial charge on any atom is 0.249 e. The molecule has 3 N–H and O–H groups in total. The molecule has 5 fully saturated rings. The first-order valence-electron chi connectivity index (χ1n) is 12.0. The van der Waals surface area contributed by atoms with Crippen LogP contribution in [0.25, 0.3) is 0 Å². The molecule has 5 heterocycles. The number of amides is 3. The third-order valence-corrected chi connectivity index (χ3v) is 9.62. The first-order valence-corrected chi connectivity index (χ1v) is 12.0. The molecule has 0 aromatic heterocycles. The van der Waals surface area contributed by atoms with E-state index in [9.17, 15) is 19.5 Å². The monoisotopic (exact) mass is 449 g/mol. The summed E-state index contributed by atoms with van der Waals surface area (Å²) in [7, 11) is 0. The van der Waals surface area contributed by atoms with Gasteiger partial charge in [-0.15, -0.1) is 0 Å². The number of carbonyl (C=O) groups excluding carboxylic acids is 3. The number of nitrogens with one attached hydrogen (secondary N) is 2. The van der Waals surface area contributed by atoms with Gasteiger partial charge in [-0.05, 0) is 63.0 Å². The predicted molar refractivity (Wildman–Crippen MR) is 123 cm³/mol. The second-order valence-electron chi connectivity index (χ2n) is 11.5. The summed E-state index contributed by atoms with van der Waals surface area (Å²) in [6, 6.07) is 3.50. The molecule has 7 rings (SSSR count). The SMILES string of the molecule is CC(C)=CCc1c(O)ccc2c1NC(=O)C21CC23NC(=O)C4(CCCN4C2=O)CC3C1(C)C. The van der Waals surface area contributed by atoms with Gasteiger partial charge in [0.15, 0.2) is 0 Å². The van der Waals surface area contributed by atoms with E-state index in [0.717, 1.165) is 17.6 Å². The van der Waals surface area contributed by atoms with Gasteiger partial charge < -0.3 is 20.6 Å². The molecule has 174 valence electrons. The van der Waals surface area contributed by atoms with Crippen LogP contribution in [-0.2, 0) is 26.2 Å². The van der Waals surface area contributed by atoms with Gasteiger partial charge in [0.25, 0.3) is 0 Å².